The van der Waals surface area contributed by atoms with Gasteiger partial charge in [0.25, 0.3) is 0 Å². The standard InChI is InChI=1S/C19H21N2/c1-2-7-19(17-8-3-4-9-17)21-14-11-16(12-15-21)18-10-5-6-13-20-18/h3-6,8-15,17,19H,2,7H2,1H3/q+1. The predicted octanol–water partition coefficient (Wildman–Crippen LogP) is 4.12. The Hall–Kier alpha value is -2.22. The molecule has 21 heavy (non-hydrogen) atoms. The minimum absolute atomic E-state index is 0.503. The Labute approximate surface area is 126 Å². The van der Waals surface area contributed by atoms with Crippen molar-refractivity contribution in [1.29, 1.82) is 0 Å². The van der Waals surface area contributed by atoms with Crippen molar-refractivity contribution in [3.63, 3.8) is 0 Å². The number of hydrogen-bond acceptors (Lipinski definition) is 1. The second-order valence-corrected chi connectivity index (χ2v) is 5.45. The highest BCUT2D eigenvalue weighted by Gasteiger charge is 2.25. The van der Waals surface area contributed by atoms with Crippen molar-refractivity contribution in [3.8, 4) is 11.3 Å². The second-order valence-electron chi connectivity index (χ2n) is 5.45. The first-order chi connectivity index (χ1) is 10.4. The molecule has 0 saturated carbocycles. The van der Waals surface area contributed by atoms with Gasteiger partial charge in [-0.2, -0.15) is 0 Å². The molecule has 0 spiro atoms. The highest BCUT2D eigenvalue weighted by atomic mass is 15.0. The zero-order valence-corrected chi connectivity index (χ0v) is 12.4. The third kappa shape index (κ3) is 3.10. The Bertz CT molecular complexity index is 614. The van der Waals surface area contributed by atoms with Gasteiger partial charge in [0.05, 0.1) is 11.6 Å². The van der Waals surface area contributed by atoms with Crippen molar-refractivity contribution in [1.82, 2.24) is 4.98 Å². The van der Waals surface area contributed by atoms with E-state index in [1.165, 1.54) is 18.4 Å². The van der Waals surface area contributed by atoms with Crippen LogP contribution >= 0.6 is 0 Å². The fourth-order valence-electron chi connectivity index (χ4n) is 2.90. The number of pyridine rings is 2. The van der Waals surface area contributed by atoms with E-state index in [0.717, 1.165) is 5.69 Å². The number of rotatable bonds is 5. The summed E-state index contributed by atoms with van der Waals surface area (Å²) in [5, 5.41) is 0. The molecule has 0 aliphatic heterocycles. The molecule has 1 atom stereocenters. The highest BCUT2D eigenvalue weighted by molar-refractivity contribution is 5.57. The summed E-state index contributed by atoms with van der Waals surface area (Å²) in [7, 11) is 0. The number of aromatic nitrogens is 2. The van der Waals surface area contributed by atoms with E-state index in [-0.39, 0.29) is 0 Å². The molecule has 2 aromatic rings. The molecule has 1 aliphatic carbocycles. The largest absolute Gasteiger partial charge is 0.256 e. The molecule has 0 aromatic carbocycles. The third-order valence-corrected chi connectivity index (χ3v) is 4.00. The van der Waals surface area contributed by atoms with Gasteiger partial charge < -0.3 is 0 Å². The van der Waals surface area contributed by atoms with Gasteiger partial charge in [-0.15, -0.1) is 0 Å². The van der Waals surface area contributed by atoms with Crippen LogP contribution in [-0.2, 0) is 0 Å². The normalized spacial score (nSPS) is 15.5. The minimum Gasteiger partial charge on any atom is -0.256 e. The monoisotopic (exact) mass is 277 g/mol. The van der Waals surface area contributed by atoms with E-state index in [1.807, 2.05) is 24.4 Å². The lowest BCUT2D eigenvalue weighted by molar-refractivity contribution is -0.727. The first kappa shape index (κ1) is 13.7. The summed E-state index contributed by atoms with van der Waals surface area (Å²) >= 11 is 0. The zero-order chi connectivity index (χ0) is 14.5. The molecule has 0 saturated heterocycles. The lowest BCUT2D eigenvalue weighted by Gasteiger charge is -2.15. The van der Waals surface area contributed by atoms with Crippen molar-refractivity contribution < 1.29 is 4.57 Å². The number of hydrogen-bond donors (Lipinski definition) is 0. The summed E-state index contributed by atoms with van der Waals surface area (Å²) in [6.45, 7) is 2.25. The van der Waals surface area contributed by atoms with Crippen molar-refractivity contribution in [2.45, 2.75) is 25.8 Å². The highest BCUT2D eigenvalue weighted by Crippen LogP contribution is 2.24. The van der Waals surface area contributed by atoms with Gasteiger partial charge in [0.15, 0.2) is 18.4 Å². The van der Waals surface area contributed by atoms with Crippen LogP contribution in [0.3, 0.4) is 0 Å². The quantitative estimate of drug-likeness (QED) is 0.751. The van der Waals surface area contributed by atoms with Crippen LogP contribution in [0.4, 0.5) is 0 Å². The maximum atomic E-state index is 4.41. The Kier molecular flexibility index (Phi) is 4.25. The molecule has 3 rings (SSSR count). The fraction of sp³-hybridized carbons (Fsp3) is 0.263. The first-order valence-corrected chi connectivity index (χ1v) is 7.65. The molecular formula is C19H21N2+. The van der Waals surface area contributed by atoms with E-state index in [2.05, 4.69) is 65.3 Å². The molecule has 0 fully saturated rings. The van der Waals surface area contributed by atoms with Crippen LogP contribution in [-0.4, -0.2) is 4.98 Å². The predicted molar refractivity (Wildman–Crippen MR) is 85.6 cm³/mol. The fourth-order valence-corrected chi connectivity index (χ4v) is 2.90. The van der Waals surface area contributed by atoms with Gasteiger partial charge in [-0.1, -0.05) is 37.3 Å². The Morgan fingerprint density at radius 3 is 2.48 bits per heavy atom. The summed E-state index contributed by atoms with van der Waals surface area (Å²) in [6, 6.07) is 10.8. The van der Waals surface area contributed by atoms with Gasteiger partial charge in [0, 0.05) is 30.3 Å². The van der Waals surface area contributed by atoms with Crippen LogP contribution in [0.5, 0.6) is 0 Å². The summed E-state index contributed by atoms with van der Waals surface area (Å²) in [5.74, 6) is 0.510. The SMILES string of the molecule is CCCC(C1C=CC=C1)[n+]1ccc(-c2ccccn2)cc1. The Balaban J connectivity index is 1.85. The molecular weight excluding hydrogens is 256 g/mol. The van der Waals surface area contributed by atoms with E-state index in [0.29, 0.717) is 12.0 Å². The Morgan fingerprint density at radius 2 is 1.86 bits per heavy atom. The summed E-state index contributed by atoms with van der Waals surface area (Å²) in [4.78, 5) is 4.41. The van der Waals surface area contributed by atoms with E-state index >= 15 is 0 Å². The average Bonchev–Trinajstić information content (AvgIpc) is 3.08. The first-order valence-electron chi connectivity index (χ1n) is 7.65. The Morgan fingerprint density at radius 1 is 1.10 bits per heavy atom. The van der Waals surface area contributed by atoms with Crippen molar-refractivity contribution in [2.75, 3.05) is 0 Å². The molecule has 2 nitrogen and oxygen atoms in total. The molecule has 1 unspecified atom stereocenters. The van der Waals surface area contributed by atoms with Crippen LogP contribution in [0.15, 0.2) is 73.2 Å². The van der Waals surface area contributed by atoms with Gasteiger partial charge in [0.2, 0.25) is 0 Å². The molecule has 2 aromatic heterocycles. The van der Waals surface area contributed by atoms with Gasteiger partial charge in [-0.25, -0.2) is 4.57 Å². The maximum absolute atomic E-state index is 4.41. The molecule has 0 N–H and O–H groups in total. The maximum Gasteiger partial charge on any atom is 0.169 e. The topological polar surface area (TPSA) is 16.8 Å². The van der Waals surface area contributed by atoms with Crippen molar-refractivity contribution in [2.24, 2.45) is 5.92 Å². The van der Waals surface area contributed by atoms with Crippen LogP contribution in [0.25, 0.3) is 11.3 Å². The third-order valence-electron chi connectivity index (χ3n) is 4.00. The minimum atomic E-state index is 0.503. The summed E-state index contributed by atoms with van der Waals surface area (Å²) in [6.07, 6.45) is 17.5. The molecule has 0 radical (unpaired) electrons. The summed E-state index contributed by atoms with van der Waals surface area (Å²) in [5.41, 5.74) is 2.19. The van der Waals surface area contributed by atoms with Crippen LogP contribution < -0.4 is 4.57 Å². The lowest BCUT2D eigenvalue weighted by Crippen LogP contribution is -2.41. The van der Waals surface area contributed by atoms with Crippen LogP contribution in [0, 0.1) is 5.92 Å². The number of allylic oxidation sites excluding steroid dienone is 4. The van der Waals surface area contributed by atoms with E-state index in [1.54, 1.807) is 0 Å². The molecule has 2 heterocycles. The molecule has 1 aliphatic rings. The van der Waals surface area contributed by atoms with E-state index in [4.69, 9.17) is 0 Å². The van der Waals surface area contributed by atoms with E-state index in [9.17, 15) is 0 Å². The van der Waals surface area contributed by atoms with Gasteiger partial charge in [-0.05, 0) is 18.6 Å². The second kappa shape index (κ2) is 6.49. The van der Waals surface area contributed by atoms with Gasteiger partial charge in [-0.3, -0.25) is 4.98 Å². The molecule has 2 heteroatoms. The zero-order valence-electron chi connectivity index (χ0n) is 12.4. The summed E-state index contributed by atoms with van der Waals surface area (Å²) < 4.78 is 2.33. The van der Waals surface area contributed by atoms with Crippen molar-refractivity contribution >= 4 is 0 Å². The van der Waals surface area contributed by atoms with Gasteiger partial charge in [0.1, 0.15) is 0 Å². The van der Waals surface area contributed by atoms with Crippen molar-refractivity contribution in [3.05, 3.63) is 73.2 Å². The molecule has 106 valence electrons. The van der Waals surface area contributed by atoms with Crippen LogP contribution in [0.1, 0.15) is 25.8 Å². The molecule has 0 amide bonds. The number of nitrogens with zero attached hydrogens (tertiary/aromatic N) is 2. The smallest absolute Gasteiger partial charge is 0.169 e. The lowest BCUT2D eigenvalue weighted by atomic mass is 9.96. The average molecular weight is 277 g/mol. The van der Waals surface area contributed by atoms with E-state index < -0.39 is 0 Å². The van der Waals surface area contributed by atoms with Crippen LogP contribution in [0.2, 0.25) is 0 Å². The van der Waals surface area contributed by atoms with Gasteiger partial charge >= 0.3 is 0 Å². The molecule has 0 bridgehead atoms.